The molecule has 0 aromatic heterocycles. The van der Waals surface area contributed by atoms with Crippen LogP contribution in [0.15, 0.2) is 17.0 Å². The van der Waals surface area contributed by atoms with Crippen molar-refractivity contribution in [2.75, 3.05) is 6.26 Å². The standard InChI is InChI=1S/C17H19F3O4S/c1-25(23,24)13-9-11(14(18)16(20)15(13)19)12(17(21)22)8-10-6-4-2-3-5-7-10/h8-10H,2-7H2,1H3,(H,21,22)/b12-8+. The van der Waals surface area contributed by atoms with E-state index in [0.29, 0.717) is 25.2 Å². The number of hydrogen-bond donors (Lipinski definition) is 1. The van der Waals surface area contributed by atoms with Crippen molar-refractivity contribution in [3.05, 3.63) is 35.2 Å². The molecule has 0 amide bonds. The number of carbonyl (C=O) groups is 1. The molecule has 0 atom stereocenters. The Morgan fingerprint density at radius 1 is 1.08 bits per heavy atom. The summed E-state index contributed by atoms with van der Waals surface area (Å²) in [7, 11) is -4.20. The fourth-order valence-corrected chi connectivity index (χ4v) is 3.78. The average molecular weight is 376 g/mol. The summed E-state index contributed by atoms with van der Waals surface area (Å²) in [4.78, 5) is 10.5. The van der Waals surface area contributed by atoms with Crippen molar-refractivity contribution in [2.24, 2.45) is 5.92 Å². The number of carboxylic acid groups (broad SMARTS) is 1. The van der Waals surface area contributed by atoms with E-state index in [1.807, 2.05) is 0 Å². The van der Waals surface area contributed by atoms with Crippen LogP contribution in [0.3, 0.4) is 0 Å². The van der Waals surface area contributed by atoms with Gasteiger partial charge in [-0.15, -0.1) is 0 Å². The number of rotatable bonds is 4. The molecule has 1 aromatic carbocycles. The van der Waals surface area contributed by atoms with Crippen LogP contribution in [0.1, 0.15) is 44.1 Å². The summed E-state index contributed by atoms with van der Waals surface area (Å²) in [6.07, 6.45) is 7.21. The monoisotopic (exact) mass is 376 g/mol. The molecule has 138 valence electrons. The van der Waals surface area contributed by atoms with Gasteiger partial charge in [-0.3, -0.25) is 0 Å². The van der Waals surface area contributed by atoms with Crippen molar-refractivity contribution in [1.29, 1.82) is 0 Å². The zero-order valence-corrected chi connectivity index (χ0v) is 14.5. The summed E-state index contributed by atoms with van der Waals surface area (Å²) >= 11 is 0. The topological polar surface area (TPSA) is 71.4 Å². The first-order valence-electron chi connectivity index (χ1n) is 7.96. The number of halogens is 3. The average Bonchev–Trinajstić information content (AvgIpc) is 2.78. The van der Waals surface area contributed by atoms with Crippen LogP contribution in [0.2, 0.25) is 0 Å². The van der Waals surface area contributed by atoms with Crippen LogP contribution < -0.4 is 0 Å². The predicted octanol–water partition coefficient (Wildman–Crippen LogP) is 3.95. The Balaban J connectivity index is 2.62. The second kappa shape index (κ2) is 7.59. The molecule has 1 fully saturated rings. The van der Waals surface area contributed by atoms with Crippen molar-refractivity contribution >= 4 is 21.4 Å². The third-order valence-corrected chi connectivity index (χ3v) is 5.43. The van der Waals surface area contributed by atoms with Gasteiger partial charge in [0, 0.05) is 11.8 Å². The van der Waals surface area contributed by atoms with E-state index in [1.165, 1.54) is 6.08 Å². The van der Waals surface area contributed by atoms with E-state index >= 15 is 0 Å². The van der Waals surface area contributed by atoms with E-state index in [1.54, 1.807) is 0 Å². The van der Waals surface area contributed by atoms with Crippen molar-refractivity contribution in [3.8, 4) is 0 Å². The molecule has 0 heterocycles. The minimum atomic E-state index is -4.20. The molecule has 1 aromatic rings. The number of hydrogen-bond acceptors (Lipinski definition) is 3. The van der Waals surface area contributed by atoms with E-state index in [0.717, 1.165) is 25.7 Å². The minimum Gasteiger partial charge on any atom is -0.478 e. The quantitative estimate of drug-likeness (QED) is 0.374. The molecule has 0 spiro atoms. The number of carboxylic acids is 1. The van der Waals surface area contributed by atoms with Gasteiger partial charge in [0.25, 0.3) is 0 Å². The first kappa shape index (κ1) is 19.5. The Morgan fingerprint density at radius 3 is 2.12 bits per heavy atom. The second-order valence-electron chi connectivity index (χ2n) is 6.27. The first-order chi connectivity index (χ1) is 11.6. The van der Waals surface area contributed by atoms with Gasteiger partial charge in [0.1, 0.15) is 4.90 Å². The summed E-state index contributed by atoms with van der Waals surface area (Å²) < 4.78 is 64.9. The van der Waals surface area contributed by atoms with Gasteiger partial charge in [-0.25, -0.2) is 26.4 Å². The molecule has 1 saturated carbocycles. The molecular formula is C17H19F3O4S. The van der Waals surface area contributed by atoms with Crippen molar-refractivity contribution in [2.45, 2.75) is 43.4 Å². The molecule has 2 rings (SSSR count). The fourth-order valence-electron chi connectivity index (χ4n) is 3.04. The smallest absolute Gasteiger partial charge is 0.336 e. The molecule has 1 aliphatic carbocycles. The summed E-state index contributed by atoms with van der Waals surface area (Å²) in [5.74, 6) is -7.20. The third kappa shape index (κ3) is 4.42. The number of allylic oxidation sites excluding steroid dienone is 1. The van der Waals surface area contributed by atoms with Crippen molar-refractivity contribution in [3.63, 3.8) is 0 Å². The van der Waals surface area contributed by atoms with Crippen LogP contribution in [-0.4, -0.2) is 25.7 Å². The summed E-state index contributed by atoms with van der Waals surface area (Å²) in [5.41, 5.74) is -1.30. The van der Waals surface area contributed by atoms with Gasteiger partial charge in [0.05, 0.1) is 5.57 Å². The lowest BCUT2D eigenvalue weighted by Crippen LogP contribution is -2.11. The first-order valence-corrected chi connectivity index (χ1v) is 9.85. The highest BCUT2D eigenvalue weighted by molar-refractivity contribution is 7.90. The van der Waals surface area contributed by atoms with Gasteiger partial charge in [-0.1, -0.05) is 31.8 Å². The molecule has 4 nitrogen and oxygen atoms in total. The van der Waals surface area contributed by atoms with Crippen LogP contribution in [0.25, 0.3) is 5.57 Å². The highest BCUT2D eigenvalue weighted by Gasteiger charge is 2.28. The fraction of sp³-hybridized carbons (Fsp3) is 0.471. The molecule has 0 saturated heterocycles. The lowest BCUT2D eigenvalue weighted by atomic mass is 9.94. The van der Waals surface area contributed by atoms with Gasteiger partial charge >= 0.3 is 5.97 Å². The van der Waals surface area contributed by atoms with Crippen LogP contribution in [0.4, 0.5) is 13.2 Å². The Hall–Kier alpha value is -1.83. The Labute approximate surface area is 144 Å². The van der Waals surface area contributed by atoms with Gasteiger partial charge < -0.3 is 5.11 Å². The largest absolute Gasteiger partial charge is 0.478 e. The van der Waals surface area contributed by atoms with E-state index in [4.69, 9.17) is 0 Å². The van der Waals surface area contributed by atoms with Crippen LogP contribution in [0, 0.1) is 23.4 Å². The zero-order chi connectivity index (χ0) is 18.8. The molecule has 0 aliphatic heterocycles. The van der Waals surface area contributed by atoms with E-state index in [9.17, 15) is 31.5 Å². The molecular weight excluding hydrogens is 357 g/mol. The normalized spacial score (nSPS) is 17.4. The van der Waals surface area contributed by atoms with E-state index in [2.05, 4.69) is 0 Å². The van der Waals surface area contributed by atoms with Gasteiger partial charge in [-0.2, -0.15) is 0 Å². The van der Waals surface area contributed by atoms with Crippen LogP contribution in [0.5, 0.6) is 0 Å². The predicted molar refractivity (Wildman–Crippen MR) is 86.2 cm³/mol. The van der Waals surface area contributed by atoms with Crippen molar-refractivity contribution in [1.82, 2.24) is 0 Å². The van der Waals surface area contributed by atoms with E-state index < -0.39 is 49.3 Å². The summed E-state index contributed by atoms with van der Waals surface area (Å²) in [6.45, 7) is 0. The molecule has 1 aliphatic rings. The third-order valence-electron chi connectivity index (χ3n) is 4.34. The molecule has 0 unspecified atom stereocenters. The molecule has 1 N–H and O–H groups in total. The maximum Gasteiger partial charge on any atom is 0.336 e. The number of aliphatic carboxylic acids is 1. The van der Waals surface area contributed by atoms with Gasteiger partial charge in [0.15, 0.2) is 27.3 Å². The maximum absolute atomic E-state index is 14.2. The molecule has 25 heavy (non-hydrogen) atoms. The van der Waals surface area contributed by atoms with Crippen molar-refractivity contribution < 1.29 is 31.5 Å². The summed E-state index contributed by atoms with van der Waals surface area (Å²) in [6, 6.07) is 0.555. The second-order valence-corrected chi connectivity index (χ2v) is 8.26. The van der Waals surface area contributed by atoms with Crippen LogP contribution in [-0.2, 0) is 14.6 Å². The Kier molecular flexibility index (Phi) is 5.92. The number of sulfone groups is 1. The molecule has 0 bridgehead atoms. The van der Waals surface area contributed by atoms with Gasteiger partial charge in [-0.05, 0) is 24.8 Å². The maximum atomic E-state index is 14.2. The lowest BCUT2D eigenvalue weighted by molar-refractivity contribution is -0.130. The highest BCUT2D eigenvalue weighted by atomic mass is 32.2. The summed E-state index contributed by atoms with van der Waals surface area (Å²) in [5, 5.41) is 9.41. The Morgan fingerprint density at radius 2 is 1.64 bits per heavy atom. The minimum absolute atomic E-state index is 0.136. The van der Waals surface area contributed by atoms with Crippen LogP contribution >= 0.6 is 0 Å². The Bertz CT molecular complexity index is 808. The molecule has 8 heteroatoms. The number of benzene rings is 1. The van der Waals surface area contributed by atoms with Gasteiger partial charge in [0.2, 0.25) is 0 Å². The zero-order valence-electron chi connectivity index (χ0n) is 13.7. The highest BCUT2D eigenvalue weighted by Crippen LogP contribution is 2.31. The molecule has 0 radical (unpaired) electrons. The van der Waals surface area contributed by atoms with E-state index in [-0.39, 0.29) is 5.92 Å². The SMILES string of the molecule is CS(=O)(=O)c1cc(/C(=C\C2CCCCCC2)C(=O)O)c(F)c(F)c1F. The lowest BCUT2D eigenvalue weighted by Gasteiger charge is -2.13.